The smallest absolute Gasteiger partial charge is 0.268 e. The Kier molecular flexibility index (Phi) is 2.97. The van der Waals surface area contributed by atoms with Crippen molar-refractivity contribution in [3.8, 4) is 6.07 Å². The lowest BCUT2D eigenvalue weighted by Gasteiger charge is -2.05. The molecule has 0 spiro atoms. The molecule has 0 N–H and O–H groups in total. The van der Waals surface area contributed by atoms with Crippen LogP contribution in [0.2, 0.25) is 0 Å². The van der Waals surface area contributed by atoms with E-state index in [0.29, 0.717) is 5.56 Å². The summed E-state index contributed by atoms with van der Waals surface area (Å²) in [6.07, 6.45) is 4.13. The highest BCUT2D eigenvalue weighted by atomic mass is 19.1. The fraction of sp³-hybridized carbons (Fsp3) is 0.0833. The first-order valence-electron chi connectivity index (χ1n) is 4.89. The largest absolute Gasteiger partial charge is 0.310 e. The van der Waals surface area contributed by atoms with Crippen LogP contribution in [0.4, 0.5) is 4.39 Å². The molecule has 2 heterocycles. The van der Waals surface area contributed by atoms with Gasteiger partial charge < -0.3 is 4.57 Å². The molecule has 0 amide bonds. The first-order valence-corrected chi connectivity index (χ1v) is 4.89. The molecule has 0 saturated carbocycles. The molecule has 2 aromatic rings. The van der Waals surface area contributed by atoms with Crippen molar-refractivity contribution >= 4 is 0 Å². The van der Waals surface area contributed by atoms with E-state index in [2.05, 4.69) is 4.98 Å². The zero-order valence-corrected chi connectivity index (χ0v) is 8.80. The summed E-state index contributed by atoms with van der Waals surface area (Å²) in [6.45, 7) is 0.194. The Morgan fingerprint density at radius 3 is 3.00 bits per heavy atom. The molecule has 0 aliphatic carbocycles. The summed E-state index contributed by atoms with van der Waals surface area (Å²) in [5.74, 6) is -0.452. The van der Waals surface area contributed by atoms with E-state index in [9.17, 15) is 9.18 Å². The quantitative estimate of drug-likeness (QED) is 0.779. The van der Waals surface area contributed by atoms with Crippen molar-refractivity contribution in [3.63, 3.8) is 0 Å². The molecular formula is C12H8FN3O. The molecule has 4 nitrogen and oxygen atoms in total. The molecule has 0 unspecified atom stereocenters. The van der Waals surface area contributed by atoms with E-state index in [1.807, 2.05) is 6.07 Å². The van der Waals surface area contributed by atoms with Crippen molar-refractivity contribution in [2.24, 2.45) is 0 Å². The van der Waals surface area contributed by atoms with E-state index in [-0.39, 0.29) is 17.7 Å². The van der Waals surface area contributed by atoms with Gasteiger partial charge in [0.05, 0.1) is 12.7 Å². The van der Waals surface area contributed by atoms with Crippen LogP contribution in [0.5, 0.6) is 0 Å². The van der Waals surface area contributed by atoms with Gasteiger partial charge in [-0.2, -0.15) is 5.26 Å². The fourth-order valence-corrected chi connectivity index (χ4v) is 1.49. The minimum absolute atomic E-state index is 0.0665. The number of halogens is 1. The fourth-order valence-electron chi connectivity index (χ4n) is 1.49. The van der Waals surface area contributed by atoms with Crippen molar-refractivity contribution in [1.82, 2.24) is 9.55 Å². The lowest BCUT2D eigenvalue weighted by atomic mass is 10.2. The van der Waals surface area contributed by atoms with Crippen molar-refractivity contribution in [2.75, 3.05) is 0 Å². The van der Waals surface area contributed by atoms with E-state index in [1.54, 1.807) is 12.3 Å². The summed E-state index contributed by atoms with van der Waals surface area (Å²) in [4.78, 5) is 15.4. The van der Waals surface area contributed by atoms with Crippen LogP contribution in [-0.4, -0.2) is 9.55 Å². The summed E-state index contributed by atoms with van der Waals surface area (Å²) in [6, 6.07) is 6.16. The number of nitrogens with zero attached hydrogens (tertiary/aromatic N) is 3. The molecule has 0 fully saturated rings. The Balaban J connectivity index is 2.38. The standard InChI is InChI=1S/C12H8FN3O/c13-11-4-9(6-15-7-11)8-16-3-1-2-10(5-14)12(16)17/h1-4,6-7H,8H2. The molecule has 2 aromatic heterocycles. The molecular weight excluding hydrogens is 221 g/mol. The normalized spacial score (nSPS) is 9.88. The van der Waals surface area contributed by atoms with Crippen LogP contribution >= 0.6 is 0 Å². The molecule has 0 saturated heterocycles. The first-order chi connectivity index (χ1) is 8.20. The van der Waals surface area contributed by atoms with Gasteiger partial charge in [-0.3, -0.25) is 9.78 Å². The van der Waals surface area contributed by atoms with Crippen molar-refractivity contribution < 1.29 is 4.39 Å². The Bertz CT molecular complexity index is 643. The summed E-state index contributed by atoms with van der Waals surface area (Å²) >= 11 is 0. The van der Waals surface area contributed by atoms with Crippen LogP contribution in [0.1, 0.15) is 11.1 Å². The highest BCUT2D eigenvalue weighted by Gasteiger charge is 2.03. The van der Waals surface area contributed by atoms with Gasteiger partial charge in [-0.05, 0) is 23.8 Å². The molecule has 0 aliphatic rings. The van der Waals surface area contributed by atoms with Crippen LogP contribution in [0, 0.1) is 17.1 Å². The maximum absolute atomic E-state index is 12.9. The third-order valence-electron chi connectivity index (χ3n) is 2.26. The number of hydrogen-bond donors (Lipinski definition) is 0. The highest BCUT2D eigenvalue weighted by Crippen LogP contribution is 2.02. The number of aromatic nitrogens is 2. The SMILES string of the molecule is N#Cc1cccn(Cc2cncc(F)c2)c1=O. The molecule has 84 valence electrons. The third kappa shape index (κ3) is 2.37. The van der Waals surface area contributed by atoms with Gasteiger partial charge in [-0.25, -0.2) is 4.39 Å². The van der Waals surface area contributed by atoms with Gasteiger partial charge in [-0.1, -0.05) is 0 Å². The van der Waals surface area contributed by atoms with Gasteiger partial charge in [0.25, 0.3) is 5.56 Å². The number of nitriles is 1. The van der Waals surface area contributed by atoms with Crippen molar-refractivity contribution in [3.05, 3.63) is 64.1 Å². The Morgan fingerprint density at radius 1 is 1.47 bits per heavy atom. The Hall–Kier alpha value is -2.48. The molecule has 0 aromatic carbocycles. The maximum Gasteiger partial charge on any atom is 0.268 e. The zero-order valence-electron chi connectivity index (χ0n) is 8.80. The number of pyridine rings is 2. The van der Waals surface area contributed by atoms with Crippen molar-refractivity contribution in [2.45, 2.75) is 6.54 Å². The second-order valence-corrected chi connectivity index (χ2v) is 3.48. The third-order valence-corrected chi connectivity index (χ3v) is 2.26. The predicted octanol–water partition coefficient (Wildman–Crippen LogP) is 1.30. The van der Waals surface area contributed by atoms with Gasteiger partial charge in [0.15, 0.2) is 0 Å². The van der Waals surface area contributed by atoms with E-state index in [1.165, 1.54) is 22.9 Å². The lowest BCUT2D eigenvalue weighted by Crippen LogP contribution is -2.22. The van der Waals surface area contributed by atoms with E-state index < -0.39 is 5.82 Å². The number of rotatable bonds is 2. The summed E-state index contributed by atoms with van der Waals surface area (Å²) in [5.41, 5.74) is 0.248. The van der Waals surface area contributed by atoms with E-state index in [4.69, 9.17) is 5.26 Å². The second kappa shape index (κ2) is 4.58. The topological polar surface area (TPSA) is 58.7 Å². The summed E-state index contributed by atoms with van der Waals surface area (Å²) in [7, 11) is 0. The molecule has 5 heteroatoms. The monoisotopic (exact) mass is 229 g/mol. The molecule has 17 heavy (non-hydrogen) atoms. The Labute approximate surface area is 96.6 Å². The highest BCUT2D eigenvalue weighted by molar-refractivity contribution is 5.25. The minimum Gasteiger partial charge on any atom is -0.310 e. The number of hydrogen-bond acceptors (Lipinski definition) is 3. The second-order valence-electron chi connectivity index (χ2n) is 3.48. The van der Waals surface area contributed by atoms with Crippen molar-refractivity contribution in [1.29, 1.82) is 5.26 Å². The molecule has 2 rings (SSSR count). The lowest BCUT2D eigenvalue weighted by molar-refractivity contribution is 0.615. The predicted molar refractivity (Wildman–Crippen MR) is 58.7 cm³/mol. The molecule has 0 bridgehead atoms. The molecule has 0 aliphatic heterocycles. The van der Waals surface area contributed by atoms with Gasteiger partial charge in [0, 0.05) is 12.4 Å². The van der Waals surface area contributed by atoms with Gasteiger partial charge in [-0.15, -0.1) is 0 Å². The van der Waals surface area contributed by atoms with Crippen LogP contribution in [-0.2, 0) is 6.54 Å². The first kappa shape index (κ1) is 11.0. The minimum atomic E-state index is -0.452. The molecule has 0 radical (unpaired) electrons. The molecule has 0 atom stereocenters. The van der Waals surface area contributed by atoms with Gasteiger partial charge in [0.2, 0.25) is 0 Å². The van der Waals surface area contributed by atoms with Crippen LogP contribution < -0.4 is 5.56 Å². The van der Waals surface area contributed by atoms with Crippen LogP contribution in [0.25, 0.3) is 0 Å². The van der Waals surface area contributed by atoms with Crippen LogP contribution in [0.3, 0.4) is 0 Å². The Morgan fingerprint density at radius 2 is 2.29 bits per heavy atom. The summed E-state index contributed by atoms with van der Waals surface area (Å²) < 4.78 is 14.3. The van der Waals surface area contributed by atoms with E-state index >= 15 is 0 Å². The maximum atomic E-state index is 12.9. The average molecular weight is 229 g/mol. The zero-order chi connectivity index (χ0) is 12.3. The van der Waals surface area contributed by atoms with Gasteiger partial charge in [0.1, 0.15) is 17.4 Å². The summed E-state index contributed by atoms with van der Waals surface area (Å²) in [5, 5.41) is 8.72. The van der Waals surface area contributed by atoms with Gasteiger partial charge >= 0.3 is 0 Å². The average Bonchev–Trinajstić information content (AvgIpc) is 2.32. The van der Waals surface area contributed by atoms with Crippen LogP contribution in [0.15, 0.2) is 41.6 Å². The van der Waals surface area contributed by atoms with E-state index in [0.717, 1.165) is 6.20 Å².